The Morgan fingerprint density at radius 2 is 2.05 bits per heavy atom. The maximum absolute atomic E-state index is 12.5. The zero-order valence-corrected chi connectivity index (χ0v) is 12.7. The third-order valence-corrected chi connectivity index (χ3v) is 4.79. The van der Waals surface area contributed by atoms with E-state index in [1.54, 1.807) is 6.07 Å². The highest BCUT2D eigenvalue weighted by atomic mass is 16.2. The molecule has 1 saturated heterocycles. The van der Waals surface area contributed by atoms with Gasteiger partial charge in [0.2, 0.25) is 5.91 Å². The van der Waals surface area contributed by atoms with Crippen LogP contribution in [0.1, 0.15) is 31.9 Å². The summed E-state index contributed by atoms with van der Waals surface area (Å²) >= 11 is 0. The van der Waals surface area contributed by atoms with E-state index in [9.17, 15) is 9.59 Å². The van der Waals surface area contributed by atoms with Gasteiger partial charge in [0, 0.05) is 37.3 Å². The van der Waals surface area contributed by atoms with Gasteiger partial charge >= 0.3 is 0 Å². The van der Waals surface area contributed by atoms with Gasteiger partial charge in [0.15, 0.2) is 0 Å². The second kappa shape index (κ2) is 5.30. The lowest BCUT2D eigenvalue weighted by molar-refractivity contribution is -0.136. The van der Waals surface area contributed by atoms with E-state index in [0.717, 1.165) is 18.7 Å². The van der Waals surface area contributed by atoms with Crippen LogP contribution >= 0.6 is 0 Å². The molecule has 0 saturated carbocycles. The van der Waals surface area contributed by atoms with E-state index in [2.05, 4.69) is 0 Å². The quantitative estimate of drug-likeness (QED) is 0.874. The number of hydrogen-bond donors (Lipinski definition) is 1. The zero-order chi connectivity index (χ0) is 15.1. The van der Waals surface area contributed by atoms with Crippen molar-refractivity contribution >= 4 is 5.91 Å². The van der Waals surface area contributed by atoms with E-state index >= 15 is 0 Å². The van der Waals surface area contributed by atoms with Gasteiger partial charge in [-0.05, 0) is 24.3 Å². The molecule has 1 amide bonds. The number of nitrogens with two attached hydrogens (primary N) is 1. The smallest absolute Gasteiger partial charge is 0.250 e. The maximum Gasteiger partial charge on any atom is 0.250 e. The molecule has 0 aliphatic carbocycles. The monoisotopic (exact) mass is 289 g/mol. The van der Waals surface area contributed by atoms with Gasteiger partial charge in [-0.2, -0.15) is 0 Å². The van der Waals surface area contributed by atoms with E-state index in [1.165, 1.54) is 0 Å². The molecule has 114 valence electrons. The van der Waals surface area contributed by atoms with Crippen molar-refractivity contribution in [3.05, 3.63) is 34.2 Å². The third-order valence-electron chi connectivity index (χ3n) is 4.79. The molecule has 3 heterocycles. The molecule has 0 radical (unpaired) electrons. The lowest BCUT2D eigenvalue weighted by Gasteiger charge is -2.43. The van der Waals surface area contributed by atoms with Crippen LogP contribution in [0, 0.1) is 11.8 Å². The van der Waals surface area contributed by atoms with Crippen LogP contribution in [0.4, 0.5) is 0 Å². The van der Waals surface area contributed by atoms with Crippen LogP contribution in [-0.2, 0) is 11.3 Å². The van der Waals surface area contributed by atoms with Gasteiger partial charge in [0.25, 0.3) is 5.56 Å². The highest BCUT2D eigenvalue weighted by molar-refractivity contribution is 5.82. The second-order valence-corrected chi connectivity index (χ2v) is 6.71. The van der Waals surface area contributed by atoms with Crippen molar-refractivity contribution in [2.24, 2.45) is 17.6 Å². The highest BCUT2D eigenvalue weighted by Crippen LogP contribution is 2.35. The predicted molar refractivity (Wildman–Crippen MR) is 80.9 cm³/mol. The number of piperidine rings is 1. The number of fused-ring (bicyclic) bond motifs is 4. The number of carbonyl (C=O) groups is 1. The van der Waals surface area contributed by atoms with Gasteiger partial charge in [0.05, 0.1) is 6.04 Å². The van der Waals surface area contributed by atoms with Crippen LogP contribution in [0.2, 0.25) is 0 Å². The Bertz CT molecular complexity index is 608. The van der Waals surface area contributed by atoms with Crippen molar-refractivity contribution in [2.45, 2.75) is 38.8 Å². The minimum Gasteiger partial charge on any atom is -0.340 e. The summed E-state index contributed by atoms with van der Waals surface area (Å²) in [7, 11) is 0. The summed E-state index contributed by atoms with van der Waals surface area (Å²) in [6.07, 6.45) is 1.06. The molecule has 2 aliphatic heterocycles. The molecule has 0 spiro atoms. The molecule has 5 heteroatoms. The molecule has 1 aromatic rings. The average molecular weight is 289 g/mol. The number of rotatable bonds is 2. The minimum absolute atomic E-state index is 0.0476. The fraction of sp³-hybridized carbons (Fsp3) is 0.625. The van der Waals surface area contributed by atoms with Crippen molar-refractivity contribution in [1.29, 1.82) is 0 Å². The molecule has 0 unspecified atom stereocenters. The molecule has 0 aromatic carbocycles. The Hall–Kier alpha value is -1.62. The average Bonchev–Trinajstić information content (AvgIpc) is 2.46. The summed E-state index contributed by atoms with van der Waals surface area (Å²) in [6.45, 7) is 6.06. The van der Waals surface area contributed by atoms with Crippen LogP contribution in [0.3, 0.4) is 0 Å². The molecule has 5 nitrogen and oxygen atoms in total. The molecule has 2 N–H and O–H groups in total. The number of carbonyl (C=O) groups excluding carboxylic acids is 1. The normalized spacial score (nSPS) is 25.6. The Labute approximate surface area is 124 Å². The number of hydrogen-bond acceptors (Lipinski definition) is 3. The zero-order valence-electron chi connectivity index (χ0n) is 12.7. The topological polar surface area (TPSA) is 68.3 Å². The van der Waals surface area contributed by atoms with E-state index in [-0.39, 0.29) is 23.3 Å². The fourth-order valence-corrected chi connectivity index (χ4v) is 3.57. The molecule has 2 aliphatic rings. The van der Waals surface area contributed by atoms with Gasteiger partial charge in [-0.15, -0.1) is 0 Å². The first-order valence-corrected chi connectivity index (χ1v) is 7.71. The van der Waals surface area contributed by atoms with Crippen LogP contribution in [0.25, 0.3) is 0 Å². The van der Waals surface area contributed by atoms with Crippen LogP contribution in [0.15, 0.2) is 23.0 Å². The molecule has 3 atom stereocenters. The predicted octanol–water partition coefficient (Wildman–Crippen LogP) is 0.777. The minimum atomic E-state index is -0.429. The first kappa shape index (κ1) is 14.3. The van der Waals surface area contributed by atoms with E-state index in [1.807, 2.05) is 35.4 Å². The van der Waals surface area contributed by atoms with E-state index in [0.29, 0.717) is 19.0 Å². The van der Waals surface area contributed by atoms with Gasteiger partial charge in [-0.1, -0.05) is 19.9 Å². The van der Waals surface area contributed by atoms with Crippen molar-refractivity contribution in [3.8, 4) is 0 Å². The number of nitrogens with zero attached hydrogens (tertiary/aromatic N) is 2. The van der Waals surface area contributed by atoms with Gasteiger partial charge in [-0.3, -0.25) is 9.59 Å². The molecular weight excluding hydrogens is 266 g/mol. The summed E-state index contributed by atoms with van der Waals surface area (Å²) in [5.74, 6) is 0.815. The van der Waals surface area contributed by atoms with Crippen LogP contribution in [-0.4, -0.2) is 34.5 Å². The molecule has 2 bridgehead atoms. The summed E-state index contributed by atoms with van der Waals surface area (Å²) in [6, 6.07) is 5.01. The Morgan fingerprint density at radius 3 is 2.76 bits per heavy atom. The van der Waals surface area contributed by atoms with Gasteiger partial charge < -0.3 is 15.2 Å². The lowest BCUT2D eigenvalue weighted by Crippen LogP contribution is -2.54. The van der Waals surface area contributed by atoms with Gasteiger partial charge in [-0.25, -0.2) is 0 Å². The molecule has 21 heavy (non-hydrogen) atoms. The Balaban J connectivity index is 1.85. The molecule has 1 fully saturated rings. The Kier molecular flexibility index (Phi) is 3.61. The number of pyridine rings is 1. The standard InChI is InChI=1S/C16H23N3O2/c1-10(2)15(17)16(21)18-7-11-6-12(9-18)13-4-3-5-14(20)19(13)8-11/h3-5,10-12,15H,6-9,17H2,1-2H3/t11-,12+,15-/m1/s1. The lowest BCUT2D eigenvalue weighted by atomic mass is 9.82. The van der Waals surface area contributed by atoms with E-state index < -0.39 is 6.04 Å². The number of aromatic nitrogens is 1. The first-order valence-electron chi connectivity index (χ1n) is 7.71. The highest BCUT2D eigenvalue weighted by Gasteiger charge is 2.37. The summed E-state index contributed by atoms with van der Waals surface area (Å²) in [4.78, 5) is 26.4. The molecular formula is C16H23N3O2. The molecule has 3 rings (SSSR count). The first-order chi connectivity index (χ1) is 9.97. The maximum atomic E-state index is 12.5. The van der Waals surface area contributed by atoms with E-state index in [4.69, 9.17) is 5.73 Å². The summed E-state index contributed by atoms with van der Waals surface area (Å²) in [5.41, 5.74) is 7.15. The SMILES string of the molecule is CC(C)[C@@H](N)C(=O)N1C[C@H]2C[C@@H](C1)c1cccc(=O)n1C2. The number of amides is 1. The third kappa shape index (κ3) is 2.50. The summed E-state index contributed by atoms with van der Waals surface area (Å²) < 4.78 is 1.88. The Morgan fingerprint density at radius 1 is 1.29 bits per heavy atom. The van der Waals surface area contributed by atoms with Crippen molar-refractivity contribution < 1.29 is 4.79 Å². The summed E-state index contributed by atoms with van der Waals surface area (Å²) in [5, 5.41) is 0. The van der Waals surface area contributed by atoms with Crippen LogP contribution < -0.4 is 11.3 Å². The second-order valence-electron chi connectivity index (χ2n) is 6.71. The molecule has 1 aromatic heterocycles. The van der Waals surface area contributed by atoms with Crippen LogP contribution in [0.5, 0.6) is 0 Å². The van der Waals surface area contributed by atoms with Gasteiger partial charge in [0.1, 0.15) is 0 Å². The van der Waals surface area contributed by atoms with Crippen molar-refractivity contribution in [1.82, 2.24) is 9.47 Å². The number of likely N-dealkylation sites (tertiary alicyclic amines) is 1. The van der Waals surface area contributed by atoms with Crippen molar-refractivity contribution in [2.75, 3.05) is 13.1 Å². The fourth-order valence-electron chi connectivity index (χ4n) is 3.57. The largest absolute Gasteiger partial charge is 0.340 e. The van der Waals surface area contributed by atoms with Crippen molar-refractivity contribution in [3.63, 3.8) is 0 Å².